The lowest BCUT2D eigenvalue weighted by Crippen LogP contribution is -2.21. The van der Waals surface area contributed by atoms with E-state index in [1.807, 2.05) is 30.3 Å². The number of nitrogens with zero attached hydrogens (tertiary/aromatic N) is 3. The fourth-order valence-electron chi connectivity index (χ4n) is 3.07. The number of hydrogen-bond acceptors (Lipinski definition) is 5. The van der Waals surface area contributed by atoms with Gasteiger partial charge in [-0.05, 0) is 36.4 Å². The molecule has 4 rings (SSSR count). The SMILES string of the molecule is COc1cccc(C2=C[C@@H](c3cc(Cl)ccc3OC(F)F)n3ncnc3N2)c1. The normalized spacial score (nSPS) is 15.6. The van der Waals surface area contributed by atoms with Gasteiger partial charge in [0.2, 0.25) is 5.95 Å². The van der Waals surface area contributed by atoms with Crippen LogP contribution >= 0.6 is 11.6 Å². The first-order chi connectivity index (χ1) is 13.5. The molecule has 0 radical (unpaired) electrons. The summed E-state index contributed by atoms with van der Waals surface area (Å²) in [7, 11) is 1.58. The number of hydrogen-bond donors (Lipinski definition) is 1. The fourth-order valence-corrected chi connectivity index (χ4v) is 3.25. The maximum Gasteiger partial charge on any atom is 0.387 e. The molecule has 0 spiro atoms. The number of methoxy groups -OCH3 is 1. The third-order valence-electron chi connectivity index (χ3n) is 4.29. The zero-order chi connectivity index (χ0) is 19.7. The van der Waals surface area contributed by atoms with Crippen molar-refractivity contribution in [2.45, 2.75) is 12.7 Å². The van der Waals surface area contributed by atoms with Gasteiger partial charge in [-0.3, -0.25) is 0 Å². The quantitative estimate of drug-likeness (QED) is 0.673. The summed E-state index contributed by atoms with van der Waals surface area (Å²) in [4.78, 5) is 4.21. The van der Waals surface area contributed by atoms with E-state index in [1.165, 1.54) is 18.5 Å². The Kier molecular flexibility index (Phi) is 4.87. The largest absolute Gasteiger partial charge is 0.497 e. The molecule has 3 aromatic rings. The molecule has 9 heteroatoms. The maximum atomic E-state index is 12.9. The summed E-state index contributed by atoms with van der Waals surface area (Å²) in [6.07, 6.45) is 3.23. The molecule has 2 heterocycles. The Bertz CT molecular complexity index is 1040. The average molecular weight is 405 g/mol. The van der Waals surface area contributed by atoms with Crippen molar-refractivity contribution in [3.63, 3.8) is 0 Å². The van der Waals surface area contributed by atoms with E-state index in [0.717, 1.165) is 11.3 Å². The Hall–Kier alpha value is -3.13. The number of nitrogens with one attached hydrogen (secondary N) is 1. The summed E-state index contributed by atoms with van der Waals surface area (Å²) in [6, 6.07) is 11.4. The van der Waals surface area contributed by atoms with E-state index in [4.69, 9.17) is 21.1 Å². The lowest BCUT2D eigenvalue weighted by Gasteiger charge is -2.26. The van der Waals surface area contributed by atoms with E-state index < -0.39 is 12.7 Å². The predicted octanol–water partition coefficient (Wildman–Crippen LogP) is 4.60. The van der Waals surface area contributed by atoms with Gasteiger partial charge in [-0.15, -0.1) is 0 Å². The summed E-state index contributed by atoms with van der Waals surface area (Å²) in [6.45, 7) is -2.96. The molecule has 1 N–H and O–H groups in total. The number of rotatable bonds is 5. The van der Waals surface area contributed by atoms with Crippen LogP contribution in [0.5, 0.6) is 11.5 Å². The van der Waals surface area contributed by atoms with Gasteiger partial charge in [-0.2, -0.15) is 18.9 Å². The second kappa shape index (κ2) is 7.47. The molecule has 6 nitrogen and oxygen atoms in total. The van der Waals surface area contributed by atoms with Crippen molar-refractivity contribution in [1.29, 1.82) is 0 Å². The molecule has 0 amide bonds. The molecule has 1 aromatic heterocycles. The number of fused-ring (bicyclic) bond motifs is 1. The van der Waals surface area contributed by atoms with Gasteiger partial charge >= 0.3 is 6.61 Å². The van der Waals surface area contributed by atoms with Crippen LogP contribution in [-0.2, 0) is 0 Å². The predicted molar refractivity (Wildman–Crippen MR) is 101 cm³/mol. The van der Waals surface area contributed by atoms with E-state index >= 15 is 0 Å². The van der Waals surface area contributed by atoms with Gasteiger partial charge in [0.25, 0.3) is 0 Å². The molecular weight excluding hydrogens is 390 g/mol. The van der Waals surface area contributed by atoms with Gasteiger partial charge < -0.3 is 14.8 Å². The van der Waals surface area contributed by atoms with Crippen molar-refractivity contribution >= 4 is 23.2 Å². The van der Waals surface area contributed by atoms with Gasteiger partial charge in [0.1, 0.15) is 23.9 Å². The Morgan fingerprint density at radius 1 is 1.21 bits per heavy atom. The molecule has 0 aliphatic carbocycles. The van der Waals surface area contributed by atoms with E-state index in [0.29, 0.717) is 22.3 Å². The molecule has 28 heavy (non-hydrogen) atoms. The Balaban J connectivity index is 1.83. The lowest BCUT2D eigenvalue weighted by molar-refractivity contribution is -0.0506. The van der Waals surface area contributed by atoms with E-state index in [9.17, 15) is 8.78 Å². The van der Waals surface area contributed by atoms with Crippen molar-refractivity contribution in [1.82, 2.24) is 14.8 Å². The molecule has 2 aromatic carbocycles. The van der Waals surface area contributed by atoms with E-state index in [-0.39, 0.29) is 5.75 Å². The molecule has 1 aliphatic heterocycles. The minimum atomic E-state index is -2.96. The number of allylic oxidation sites excluding steroid dienone is 1. The first-order valence-corrected chi connectivity index (χ1v) is 8.70. The van der Waals surface area contributed by atoms with Crippen LogP contribution in [0.3, 0.4) is 0 Å². The minimum Gasteiger partial charge on any atom is -0.497 e. The average Bonchev–Trinajstić information content (AvgIpc) is 3.17. The first-order valence-electron chi connectivity index (χ1n) is 8.32. The zero-order valence-corrected chi connectivity index (χ0v) is 15.4. The summed E-state index contributed by atoms with van der Waals surface area (Å²) < 4.78 is 37.4. The van der Waals surface area contributed by atoms with Crippen molar-refractivity contribution < 1.29 is 18.3 Å². The number of aromatic nitrogens is 3. The minimum absolute atomic E-state index is 0.0222. The smallest absolute Gasteiger partial charge is 0.387 e. The fraction of sp³-hybridized carbons (Fsp3) is 0.158. The number of benzene rings is 2. The van der Waals surface area contributed by atoms with Crippen LogP contribution in [0, 0.1) is 0 Å². The van der Waals surface area contributed by atoms with Crippen LogP contribution in [0.15, 0.2) is 54.9 Å². The monoisotopic (exact) mass is 404 g/mol. The molecule has 144 valence electrons. The highest BCUT2D eigenvalue weighted by Gasteiger charge is 2.27. The van der Waals surface area contributed by atoms with Crippen LogP contribution in [-0.4, -0.2) is 28.5 Å². The summed E-state index contributed by atoms with van der Waals surface area (Å²) in [5.74, 6) is 1.18. The number of ether oxygens (including phenoxy) is 2. The second-order valence-electron chi connectivity index (χ2n) is 5.97. The highest BCUT2D eigenvalue weighted by atomic mass is 35.5. The number of halogens is 3. The molecular formula is C19H15ClF2N4O2. The van der Waals surface area contributed by atoms with Gasteiger partial charge in [0, 0.05) is 21.8 Å². The van der Waals surface area contributed by atoms with Crippen molar-refractivity contribution in [2.24, 2.45) is 0 Å². The van der Waals surface area contributed by atoms with Gasteiger partial charge in [0.05, 0.1) is 7.11 Å². The Morgan fingerprint density at radius 2 is 2.07 bits per heavy atom. The van der Waals surface area contributed by atoms with Gasteiger partial charge in [0.15, 0.2) is 0 Å². The first kappa shape index (κ1) is 18.2. The lowest BCUT2D eigenvalue weighted by atomic mass is 10.0. The van der Waals surface area contributed by atoms with Gasteiger partial charge in [-0.25, -0.2) is 4.68 Å². The van der Waals surface area contributed by atoms with Crippen LogP contribution in [0.4, 0.5) is 14.7 Å². The van der Waals surface area contributed by atoms with Crippen molar-refractivity contribution in [3.8, 4) is 11.5 Å². The molecule has 1 aliphatic rings. The third-order valence-corrected chi connectivity index (χ3v) is 4.53. The van der Waals surface area contributed by atoms with E-state index in [2.05, 4.69) is 15.4 Å². The second-order valence-corrected chi connectivity index (χ2v) is 6.41. The highest BCUT2D eigenvalue weighted by molar-refractivity contribution is 6.30. The maximum absolute atomic E-state index is 12.9. The van der Waals surface area contributed by atoms with Gasteiger partial charge in [-0.1, -0.05) is 23.7 Å². The molecule has 0 bridgehead atoms. The highest BCUT2D eigenvalue weighted by Crippen LogP contribution is 2.38. The topological polar surface area (TPSA) is 61.2 Å². The Labute approximate surface area is 164 Å². The summed E-state index contributed by atoms with van der Waals surface area (Å²) in [5, 5.41) is 7.80. The van der Waals surface area contributed by atoms with Crippen molar-refractivity contribution in [3.05, 3.63) is 71.0 Å². The van der Waals surface area contributed by atoms with E-state index in [1.54, 1.807) is 17.9 Å². The van der Waals surface area contributed by atoms with Crippen LogP contribution in [0.2, 0.25) is 5.02 Å². The third kappa shape index (κ3) is 3.50. The van der Waals surface area contributed by atoms with Crippen LogP contribution in [0.25, 0.3) is 5.70 Å². The summed E-state index contributed by atoms with van der Waals surface area (Å²) >= 11 is 6.13. The molecule has 0 saturated heterocycles. The molecule has 0 saturated carbocycles. The van der Waals surface area contributed by atoms with Crippen LogP contribution < -0.4 is 14.8 Å². The summed E-state index contributed by atoms with van der Waals surface area (Å²) in [5.41, 5.74) is 2.02. The Morgan fingerprint density at radius 3 is 2.86 bits per heavy atom. The molecule has 1 atom stereocenters. The van der Waals surface area contributed by atoms with Crippen molar-refractivity contribution in [2.75, 3.05) is 12.4 Å². The molecule has 0 unspecified atom stereocenters. The zero-order valence-electron chi connectivity index (χ0n) is 14.6. The standard InChI is InChI=1S/C19H15ClF2N4O2/c1-27-13-4-2-3-11(7-13)15-9-16(26-19(25-15)23-10-24-26)14-8-12(20)5-6-17(14)28-18(21)22/h2-10,16,18H,1H3,(H,23,24,25)/t16-/m0/s1. The van der Waals surface area contributed by atoms with Crippen LogP contribution in [0.1, 0.15) is 17.2 Å². The number of anilines is 1. The molecule has 0 fully saturated rings. The number of alkyl halides is 2.